The summed E-state index contributed by atoms with van der Waals surface area (Å²) >= 11 is 0. The Balaban J connectivity index is 1.04. The van der Waals surface area contributed by atoms with Gasteiger partial charge in [0.2, 0.25) is 0 Å². The number of anilines is 1. The summed E-state index contributed by atoms with van der Waals surface area (Å²) in [5.74, 6) is 2.55. The van der Waals surface area contributed by atoms with Crippen molar-refractivity contribution in [3.63, 3.8) is 0 Å². The molecule has 4 fully saturated rings. The Labute approximate surface area is 243 Å². The van der Waals surface area contributed by atoms with Crippen molar-refractivity contribution in [1.29, 1.82) is 5.26 Å². The number of halogens is 1. The van der Waals surface area contributed by atoms with E-state index < -0.39 is 12.0 Å². The van der Waals surface area contributed by atoms with Crippen LogP contribution in [0.3, 0.4) is 0 Å². The third-order valence-electron chi connectivity index (χ3n) is 10.3. The van der Waals surface area contributed by atoms with E-state index in [4.69, 9.17) is 5.26 Å². The first kappa shape index (κ1) is 28.1. The van der Waals surface area contributed by atoms with Gasteiger partial charge in [0.05, 0.1) is 5.56 Å². The second-order valence-electron chi connectivity index (χ2n) is 12.9. The van der Waals surface area contributed by atoms with E-state index in [0.29, 0.717) is 23.9 Å². The third kappa shape index (κ3) is 6.73. The fourth-order valence-electron chi connectivity index (χ4n) is 7.71. The van der Waals surface area contributed by atoms with E-state index in [9.17, 15) is 14.3 Å². The number of benzene rings is 1. The van der Waals surface area contributed by atoms with E-state index in [1.807, 2.05) is 18.2 Å². The summed E-state index contributed by atoms with van der Waals surface area (Å²) in [7, 11) is 0. The van der Waals surface area contributed by atoms with Crippen LogP contribution in [0.2, 0.25) is 0 Å². The molecule has 1 N–H and O–H groups in total. The quantitative estimate of drug-likeness (QED) is 0.464. The zero-order valence-electron chi connectivity index (χ0n) is 23.9. The number of hydrogen-bond donors (Lipinski definition) is 1. The predicted octanol–water partition coefficient (Wildman–Crippen LogP) is 4.99. The average Bonchev–Trinajstić information content (AvgIpc) is 3.74. The van der Waals surface area contributed by atoms with Crippen LogP contribution in [-0.2, 0) is 4.79 Å². The summed E-state index contributed by atoms with van der Waals surface area (Å²) in [6.07, 6.45) is 9.48. The molecule has 1 saturated carbocycles. The normalized spacial score (nSPS) is 25.7. The molecule has 0 bridgehead atoms. The van der Waals surface area contributed by atoms with Crippen LogP contribution in [0.25, 0.3) is 0 Å². The second-order valence-corrected chi connectivity index (χ2v) is 12.9. The fraction of sp³-hybridized carbons (Fsp3) is 0.606. The van der Waals surface area contributed by atoms with Crippen molar-refractivity contribution < 1.29 is 14.3 Å². The number of aromatic nitrogens is 1. The summed E-state index contributed by atoms with van der Waals surface area (Å²) in [5, 5.41) is 19.1. The molecule has 7 nitrogen and oxygen atoms in total. The van der Waals surface area contributed by atoms with Crippen LogP contribution in [0, 0.1) is 40.8 Å². The molecule has 8 heteroatoms. The molecule has 41 heavy (non-hydrogen) atoms. The summed E-state index contributed by atoms with van der Waals surface area (Å²) in [6.45, 7) is 6.61. The molecule has 6 rings (SSSR count). The molecule has 1 aromatic heterocycles. The maximum Gasteiger partial charge on any atom is 0.320 e. The molecule has 3 aliphatic heterocycles. The number of piperidine rings is 2. The molecule has 0 radical (unpaired) electrons. The fourth-order valence-corrected chi connectivity index (χ4v) is 7.71. The molecule has 0 amide bonds. The highest BCUT2D eigenvalue weighted by Gasteiger charge is 2.42. The smallest absolute Gasteiger partial charge is 0.320 e. The number of nitriles is 1. The Morgan fingerprint density at radius 1 is 1.02 bits per heavy atom. The van der Waals surface area contributed by atoms with Crippen LogP contribution in [0.15, 0.2) is 42.6 Å². The highest BCUT2D eigenvalue weighted by Crippen LogP contribution is 2.40. The number of likely N-dealkylation sites (tertiary alicyclic amines) is 2. The highest BCUT2D eigenvalue weighted by molar-refractivity contribution is 5.73. The minimum Gasteiger partial charge on any atom is -0.480 e. The third-order valence-corrected chi connectivity index (χ3v) is 10.3. The molecule has 4 aliphatic rings. The average molecular weight is 560 g/mol. The molecule has 3 saturated heterocycles. The SMILES string of the molecule is N#Cc1ccc(N2CCC(C3CCN(C[C@H]4CN([C@H](CC5CC5)C(=O)O)C[C@@H]4c4cccc(F)c4)CC3)CC2)nc1. The summed E-state index contributed by atoms with van der Waals surface area (Å²) in [6, 6.07) is 12.5. The van der Waals surface area contributed by atoms with Gasteiger partial charge in [0, 0.05) is 44.8 Å². The van der Waals surface area contributed by atoms with Gasteiger partial charge in [0.15, 0.2) is 0 Å². The molecule has 2 aromatic rings. The molecule has 218 valence electrons. The number of carboxylic acid groups (broad SMARTS) is 1. The van der Waals surface area contributed by atoms with Crippen molar-refractivity contribution in [3.05, 3.63) is 59.5 Å². The number of hydrogen-bond acceptors (Lipinski definition) is 6. The highest BCUT2D eigenvalue weighted by atomic mass is 19.1. The monoisotopic (exact) mass is 559 g/mol. The van der Waals surface area contributed by atoms with Gasteiger partial charge in [-0.15, -0.1) is 0 Å². The van der Waals surface area contributed by atoms with E-state index >= 15 is 0 Å². The summed E-state index contributed by atoms with van der Waals surface area (Å²) in [5.41, 5.74) is 1.61. The molecule has 3 atom stereocenters. The number of pyridine rings is 1. The Bertz CT molecular complexity index is 1230. The van der Waals surface area contributed by atoms with Gasteiger partial charge in [-0.25, -0.2) is 9.37 Å². The van der Waals surface area contributed by atoms with Crippen LogP contribution in [0.5, 0.6) is 0 Å². The minimum atomic E-state index is -0.711. The molecule has 1 aromatic carbocycles. The molecule has 4 heterocycles. The van der Waals surface area contributed by atoms with E-state index in [0.717, 1.165) is 81.7 Å². The van der Waals surface area contributed by atoms with Crippen LogP contribution in [0.1, 0.15) is 62.0 Å². The summed E-state index contributed by atoms with van der Waals surface area (Å²) in [4.78, 5) is 23.8. The standard InChI is InChI=1S/C33H42FN5O2/c34-29-3-1-2-27(17-29)30-22-39(31(33(40)41)16-23-4-5-23)21-28(30)20-37-12-8-25(9-13-37)26-10-14-38(15-11-26)32-7-6-24(18-35)19-36-32/h1-3,6-7,17,19,23,25-26,28,30-31H,4-5,8-16,20-22H2,(H,40,41)/t28-,30+,31+/m0/s1. The summed E-state index contributed by atoms with van der Waals surface area (Å²) < 4.78 is 14.2. The first-order valence-corrected chi connectivity index (χ1v) is 15.5. The number of rotatable bonds is 9. The Kier molecular flexibility index (Phi) is 8.55. The number of aliphatic carboxylic acids is 1. The lowest BCUT2D eigenvalue weighted by Crippen LogP contribution is -2.43. The zero-order chi connectivity index (χ0) is 28.3. The van der Waals surface area contributed by atoms with Crippen molar-refractivity contribution in [2.45, 2.75) is 56.9 Å². The molecular weight excluding hydrogens is 517 g/mol. The lowest BCUT2D eigenvalue weighted by Gasteiger charge is -2.41. The zero-order valence-corrected chi connectivity index (χ0v) is 23.9. The van der Waals surface area contributed by atoms with Gasteiger partial charge in [-0.05, 0) is 98.7 Å². The van der Waals surface area contributed by atoms with Gasteiger partial charge in [0.1, 0.15) is 23.7 Å². The minimum absolute atomic E-state index is 0.157. The topological polar surface area (TPSA) is 83.7 Å². The van der Waals surface area contributed by atoms with Crippen molar-refractivity contribution >= 4 is 11.8 Å². The predicted molar refractivity (Wildman–Crippen MR) is 156 cm³/mol. The van der Waals surface area contributed by atoms with Crippen LogP contribution >= 0.6 is 0 Å². The lowest BCUT2D eigenvalue weighted by molar-refractivity contribution is -0.143. The van der Waals surface area contributed by atoms with Crippen LogP contribution < -0.4 is 4.90 Å². The number of carboxylic acids is 1. The Morgan fingerprint density at radius 2 is 1.76 bits per heavy atom. The largest absolute Gasteiger partial charge is 0.480 e. The second kappa shape index (κ2) is 12.5. The van der Waals surface area contributed by atoms with Crippen molar-refractivity contribution in [2.75, 3.05) is 50.7 Å². The maximum atomic E-state index is 14.2. The molecule has 1 aliphatic carbocycles. The lowest BCUT2D eigenvalue weighted by atomic mass is 9.78. The molecule has 0 unspecified atom stereocenters. The van der Waals surface area contributed by atoms with Gasteiger partial charge < -0.3 is 14.9 Å². The Morgan fingerprint density at radius 3 is 2.37 bits per heavy atom. The van der Waals surface area contributed by atoms with Gasteiger partial charge in [-0.3, -0.25) is 9.69 Å². The Hall–Kier alpha value is -3.02. The van der Waals surface area contributed by atoms with Crippen LogP contribution in [0.4, 0.5) is 10.2 Å². The maximum absolute atomic E-state index is 14.2. The van der Waals surface area contributed by atoms with E-state index in [1.54, 1.807) is 18.3 Å². The van der Waals surface area contributed by atoms with Crippen molar-refractivity contribution in [3.8, 4) is 6.07 Å². The van der Waals surface area contributed by atoms with Crippen LogP contribution in [-0.4, -0.2) is 77.7 Å². The number of nitrogens with zero attached hydrogens (tertiary/aromatic N) is 5. The van der Waals surface area contributed by atoms with E-state index in [-0.39, 0.29) is 11.7 Å². The molecule has 0 spiro atoms. The van der Waals surface area contributed by atoms with Crippen molar-refractivity contribution in [1.82, 2.24) is 14.8 Å². The number of carbonyl (C=O) groups is 1. The first-order chi connectivity index (χ1) is 20.0. The van der Waals surface area contributed by atoms with E-state index in [1.165, 1.54) is 31.7 Å². The van der Waals surface area contributed by atoms with Gasteiger partial charge in [0.25, 0.3) is 0 Å². The van der Waals surface area contributed by atoms with Gasteiger partial charge in [-0.1, -0.05) is 25.0 Å². The van der Waals surface area contributed by atoms with E-state index in [2.05, 4.69) is 25.8 Å². The molecular formula is C33H42FN5O2. The van der Waals surface area contributed by atoms with Crippen molar-refractivity contribution in [2.24, 2.45) is 23.7 Å². The van der Waals surface area contributed by atoms with Gasteiger partial charge >= 0.3 is 5.97 Å². The van der Waals surface area contributed by atoms with Gasteiger partial charge in [-0.2, -0.15) is 5.26 Å². The first-order valence-electron chi connectivity index (χ1n) is 15.5.